The van der Waals surface area contributed by atoms with Gasteiger partial charge in [-0.15, -0.1) is 0 Å². The zero-order valence-corrected chi connectivity index (χ0v) is 11.5. The highest BCUT2D eigenvalue weighted by Gasteiger charge is 2.11. The maximum atomic E-state index is 11.9. The summed E-state index contributed by atoms with van der Waals surface area (Å²) in [5.41, 5.74) is 3.79. The predicted octanol–water partition coefficient (Wildman–Crippen LogP) is 2.65. The summed E-state index contributed by atoms with van der Waals surface area (Å²) in [5, 5.41) is 14.7. The van der Waals surface area contributed by atoms with Crippen molar-refractivity contribution in [3.05, 3.63) is 63.6 Å². The number of nitro benzene ring substituents is 1. The highest BCUT2D eigenvalue weighted by Crippen LogP contribution is 2.14. The first kappa shape index (κ1) is 14.4. The van der Waals surface area contributed by atoms with Gasteiger partial charge in [0, 0.05) is 17.7 Å². The van der Waals surface area contributed by atoms with Crippen molar-refractivity contribution >= 4 is 17.3 Å². The molecule has 0 fully saturated rings. The van der Waals surface area contributed by atoms with Crippen LogP contribution >= 0.6 is 0 Å². The van der Waals surface area contributed by atoms with Gasteiger partial charge in [-0.3, -0.25) is 14.9 Å². The van der Waals surface area contributed by atoms with E-state index in [0.717, 1.165) is 0 Å². The van der Waals surface area contributed by atoms with Crippen LogP contribution < -0.4 is 5.43 Å². The average molecular weight is 287 g/mol. The molecule has 0 aliphatic carbocycles. The number of furan rings is 1. The Kier molecular flexibility index (Phi) is 4.13. The van der Waals surface area contributed by atoms with Crippen molar-refractivity contribution in [2.24, 2.45) is 5.10 Å². The maximum Gasteiger partial charge on any atom is 0.274 e. The van der Waals surface area contributed by atoms with Crippen LogP contribution in [0.2, 0.25) is 0 Å². The molecule has 1 aromatic heterocycles. The van der Waals surface area contributed by atoms with Gasteiger partial charge in [-0.2, -0.15) is 5.10 Å². The summed E-state index contributed by atoms with van der Waals surface area (Å²) in [7, 11) is 0. The van der Waals surface area contributed by atoms with Crippen molar-refractivity contribution in [3.8, 4) is 0 Å². The molecule has 0 aliphatic heterocycles. The molecule has 0 bridgehead atoms. The summed E-state index contributed by atoms with van der Waals surface area (Å²) < 4.78 is 5.03. The maximum absolute atomic E-state index is 11.9. The number of benzene rings is 1. The fraction of sp³-hybridized carbons (Fsp3) is 0.143. The van der Waals surface area contributed by atoms with Crippen LogP contribution in [0.25, 0.3) is 0 Å². The van der Waals surface area contributed by atoms with Crippen LogP contribution in [0.1, 0.15) is 28.6 Å². The van der Waals surface area contributed by atoms with Crippen molar-refractivity contribution in [3.63, 3.8) is 0 Å². The molecule has 1 N–H and O–H groups in total. The number of nitrogens with zero attached hydrogens (tertiary/aromatic N) is 2. The second kappa shape index (κ2) is 6.00. The van der Waals surface area contributed by atoms with Crippen LogP contribution in [0.5, 0.6) is 0 Å². The monoisotopic (exact) mass is 287 g/mol. The zero-order valence-electron chi connectivity index (χ0n) is 11.5. The van der Waals surface area contributed by atoms with Gasteiger partial charge in [-0.25, -0.2) is 5.43 Å². The predicted molar refractivity (Wildman–Crippen MR) is 76.2 cm³/mol. The molecule has 0 spiro atoms. The van der Waals surface area contributed by atoms with Gasteiger partial charge in [0.15, 0.2) is 0 Å². The second-order valence-electron chi connectivity index (χ2n) is 4.34. The molecule has 21 heavy (non-hydrogen) atoms. The Morgan fingerprint density at radius 3 is 2.76 bits per heavy atom. The Hall–Kier alpha value is -2.96. The molecular formula is C14H13N3O4. The van der Waals surface area contributed by atoms with Gasteiger partial charge < -0.3 is 4.42 Å². The topological polar surface area (TPSA) is 97.7 Å². The molecular weight excluding hydrogens is 274 g/mol. The van der Waals surface area contributed by atoms with Gasteiger partial charge in [-0.1, -0.05) is 12.1 Å². The van der Waals surface area contributed by atoms with Gasteiger partial charge in [0.1, 0.15) is 5.76 Å². The summed E-state index contributed by atoms with van der Waals surface area (Å²) in [5.74, 6) is 0.0988. The van der Waals surface area contributed by atoms with Crippen LogP contribution in [0, 0.1) is 17.0 Å². The van der Waals surface area contributed by atoms with Crippen molar-refractivity contribution in [2.75, 3.05) is 0 Å². The van der Waals surface area contributed by atoms with E-state index < -0.39 is 10.8 Å². The van der Waals surface area contributed by atoms with Gasteiger partial charge in [0.2, 0.25) is 0 Å². The first-order valence-electron chi connectivity index (χ1n) is 6.12. The molecule has 0 unspecified atom stereocenters. The molecule has 0 atom stereocenters. The molecule has 0 saturated heterocycles. The van der Waals surface area contributed by atoms with E-state index in [1.165, 1.54) is 18.4 Å². The van der Waals surface area contributed by atoms with Gasteiger partial charge in [0.05, 0.1) is 22.5 Å². The number of nitrogens with one attached hydrogen (secondary N) is 1. The third kappa shape index (κ3) is 3.33. The molecule has 1 aromatic carbocycles. The first-order valence-corrected chi connectivity index (χ1v) is 6.12. The van der Waals surface area contributed by atoms with Crippen LogP contribution in [-0.2, 0) is 0 Å². The smallest absolute Gasteiger partial charge is 0.274 e. The molecule has 7 heteroatoms. The number of hydrazone groups is 1. The number of amides is 1. The summed E-state index contributed by atoms with van der Waals surface area (Å²) in [4.78, 5) is 22.1. The highest BCUT2D eigenvalue weighted by molar-refractivity contribution is 6.01. The third-order valence-corrected chi connectivity index (χ3v) is 2.90. The van der Waals surface area contributed by atoms with Gasteiger partial charge in [-0.05, 0) is 19.9 Å². The fourth-order valence-corrected chi connectivity index (χ4v) is 1.72. The lowest BCUT2D eigenvalue weighted by Crippen LogP contribution is -2.19. The van der Waals surface area contributed by atoms with E-state index >= 15 is 0 Å². The second-order valence-corrected chi connectivity index (χ2v) is 4.34. The molecule has 0 saturated carbocycles. The lowest BCUT2D eigenvalue weighted by molar-refractivity contribution is -0.384. The minimum atomic E-state index is -0.482. The Bertz CT molecular complexity index is 719. The lowest BCUT2D eigenvalue weighted by atomic mass is 10.1. The standard InChI is InChI=1S/C14H13N3O4/c1-9(11-4-3-5-12(8-11)17(19)20)15-16-14(18)13-6-7-21-10(13)2/h3-8H,1-2H3,(H,16,18)/b15-9+. The van der Waals surface area contributed by atoms with Gasteiger partial charge in [0.25, 0.3) is 11.6 Å². The van der Waals surface area contributed by atoms with Crippen molar-refractivity contribution < 1.29 is 14.1 Å². The van der Waals surface area contributed by atoms with E-state index in [0.29, 0.717) is 22.6 Å². The summed E-state index contributed by atoms with van der Waals surface area (Å²) in [6, 6.07) is 7.58. The van der Waals surface area contributed by atoms with Crippen molar-refractivity contribution in [1.29, 1.82) is 0 Å². The largest absolute Gasteiger partial charge is 0.469 e. The number of rotatable bonds is 4. The van der Waals surface area contributed by atoms with E-state index in [1.54, 1.807) is 32.0 Å². The van der Waals surface area contributed by atoms with Crippen molar-refractivity contribution in [2.45, 2.75) is 13.8 Å². The molecule has 2 aromatic rings. The number of nitro groups is 1. The number of hydrogen-bond donors (Lipinski definition) is 1. The molecule has 2 rings (SSSR count). The minimum absolute atomic E-state index is 0.0287. The molecule has 0 aliphatic rings. The Balaban J connectivity index is 2.14. The van der Waals surface area contributed by atoms with Crippen molar-refractivity contribution in [1.82, 2.24) is 5.43 Å². The number of carbonyl (C=O) groups excluding carboxylic acids is 1. The summed E-state index contributed by atoms with van der Waals surface area (Å²) >= 11 is 0. The molecule has 108 valence electrons. The fourth-order valence-electron chi connectivity index (χ4n) is 1.72. The number of aryl methyl sites for hydroxylation is 1. The first-order chi connectivity index (χ1) is 9.99. The van der Waals surface area contributed by atoms with Gasteiger partial charge >= 0.3 is 0 Å². The van der Waals surface area contributed by atoms with E-state index in [1.807, 2.05) is 0 Å². The minimum Gasteiger partial charge on any atom is -0.469 e. The SMILES string of the molecule is C/C(=N\NC(=O)c1ccoc1C)c1cccc([N+](=O)[O-])c1. The van der Waals surface area contributed by atoms with Crippen LogP contribution in [0.3, 0.4) is 0 Å². The highest BCUT2D eigenvalue weighted by atomic mass is 16.6. The van der Waals surface area contributed by atoms with Crippen LogP contribution in [0.15, 0.2) is 46.1 Å². The zero-order chi connectivity index (χ0) is 15.4. The lowest BCUT2D eigenvalue weighted by Gasteiger charge is -2.02. The Labute approximate surface area is 120 Å². The quantitative estimate of drug-likeness (QED) is 0.531. The molecule has 1 heterocycles. The third-order valence-electron chi connectivity index (χ3n) is 2.90. The molecule has 7 nitrogen and oxygen atoms in total. The van der Waals surface area contributed by atoms with E-state index in [-0.39, 0.29) is 5.69 Å². The van der Waals surface area contributed by atoms with Crippen LogP contribution in [-0.4, -0.2) is 16.5 Å². The van der Waals surface area contributed by atoms with Crippen LogP contribution in [0.4, 0.5) is 5.69 Å². The number of non-ortho nitro benzene ring substituents is 1. The summed E-state index contributed by atoms with van der Waals surface area (Å²) in [6.45, 7) is 3.33. The molecule has 1 amide bonds. The molecule has 0 radical (unpaired) electrons. The number of carbonyl (C=O) groups is 1. The van der Waals surface area contributed by atoms with E-state index in [2.05, 4.69) is 10.5 Å². The Morgan fingerprint density at radius 2 is 2.14 bits per heavy atom. The average Bonchev–Trinajstić information content (AvgIpc) is 2.90. The summed E-state index contributed by atoms with van der Waals surface area (Å²) in [6.07, 6.45) is 1.42. The normalized spacial score (nSPS) is 11.2. The van der Waals surface area contributed by atoms with E-state index in [4.69, 9.17) is 4.42 Å². The Morgan fingerprint density at radius 1 is 1.38 bits per heavy atom. The van der Waals surface area contributed by atoms with E-state index in [9.17, 15) is 14.9 Å². The number of hydrogen-bond acceptors (Lipinski definition) is 5.